The molecule has 0 saturated carbocycles. The summed E-state index contributed by atoms with van der Waals surface area (Å²) < 4.78 is 64.4. The average molecular weight is 372 g/mol. The molecule has 1 amide bonds. The Morgan fingerprint density at radius 1 is 1.04 bits per heavy atom. The van der Waals surface area contributed by atoms with Gasteiger partial charge in [0.1, 0.15) is 5.82 Å². The minimum Gasteiger partial charge on any atom is -0.324 e. The molecular weight excluding hydrogens is 357 g/mol. The fourth-order valence-electron chi connectivity index (χ4n) is 2.10. The molecule has 0 saturated heterocycles. The summed E-state index contributed by atoms with van der Waals surface area (Å²) in [6.45, 7) is -0.315. The van der Waals surface area contributed by atoms with Gasteiger partial charge in [-0.3, -0.25) is 9.10 Å². The van der Waals surface area contributed by atoms with Crippen LogP contribution in [-0.2, 0) is 14.8 Å². The molecule has 0 aromatic heterocycles. The molecule has 0 heterocycles. The number of nitrogens with one attached hydrogen (secondary N) is 1. The quantitative estimate of drug-likeness (QED) is 0.848. The molecule has 2 aromatic carbocycles. The molecule has 25 heavy (non-hydrogen) atoms. The summed E-state index contributed by atoms with van der Waals surface area (Å²) in [6.07, 6.45) is 0.573. The molecule has 0 bridgehead atoms. The van der Waals surface area contributed by atoms with Gasteiger partial charge in [-0.05, 0) is 24.3 Å². The van der Waals surface area contributed by atoms with Crippen molar-refractivity contribution < 1.29 is 26.4 Å². The summed E-state index contributed by atoms with van der Waals surface area (Å²) in [4.78, 5) is 11.9. The lowest BCUT2D eigenvalue weighted by Gasteiger charge is -2.22. The third-order valence-corrected chi connectivity index (χ3v) is 4.48. The minimum atomic E-state index is -3.83. The predicted octanol–water partition coefficient (Wildman–Crippen LogP) is 2.90. The van der Waals surface area contributed by atoms with Crippen molar-refractivity contribution in [2.75, 3.05) is 22.4 Å². The zero-order valence-corrected chi connectivity index (χ0v) is 14.0. The lowest BCUT2D eigenvalue weighted by atomic mass is 10.2. The Balaban J connectivity index is 2.12. The van der Waals surface area contributed by atoms with Crippen molar-refractivity contribution in [3.63, 3.8) is 0 Å². The highest BCUT2D eigenvalue weighted by Crippen LogP contribution is 2.21. The number of hydrogen-bond acceptors (Lipinski definition) is 3. The summed E-state index contributed by atoms with van der Waals surface area (Å²) in [5, 5.41) is 2.32. The highest BCUT2D eigenvalue weighted by Gasteiger charge is 2.20. The molecule has 1 N–H and O–H groups in total. The van der Waals surface area contributed by atoms with E-state index in [4.69, 9.17) is 0 Å². The van der Waals surface area contributed by atoms with Crippen LogP contribution < -0.4 is 9.62 Å². The van der Waals surface area contributed by atoms with E-state index in [2.05, 4.69) is 5.32 Å². The maximum atomic E-state index is 13.5. The van der Waals surface area contributed by atoms with E-state index in [0.29, 0.717) is 0 Å². The Bertz CT molecular complexity index is 888. The van der Waals surface area contributed by atoms with Crippen LogP contribution in [0.1, 0.15) is 6.42 Å². The largest absolute Gasteiger partial charge is 0.324 e. The summed E-state index contributed by atoms with van der Waals surface area (Å²) in [5.41, 5.74) is -0.147. The average Bonchev–Trinajstić information content (AvgIpc) is 2.52. The van der Waals surface area contributed by atoms with Crippen LogP contribution in [-0.4, -0.2) is 27.1 Å². The monoisotopic (exact) mass is 372 g/mol. The molecule has 0 aliphatic rings. The highest BCUT2D eigenvalue weighted by molar-refractivity contribution is 7.92. The van der Waals surface area contributed by atoms with Gasteiger partial charge in [0.25, 0.3) is 0 Å². The Labute approximate surface area is 143 Å². The van der Waals surface area contributed by atoms with Gasteiger partial charge in [-0.2, -0.15) is 0 Å². The third-order valence-electron chi connectivity index (χ3n) is 3.28. The van der Waals surface area contributed by atoms with Crippen LogP contribution in [0.15, 0.2) is 42.5 Å². The van der Waals surface area contributed by atoms with Crippen LogP contribution in [0.4, 0.5) is 24.5 Å². The Hall–Kier alpha value is -2.55. The van der Waals surface area contributed by atoms with Crippen LogP contribution in [0.2, 0.25) is 0 Å². The molecule has 0 fully saturated rings. The van der Waals surface area contributed by atoms with Crippen LogP contribution >= 0.6 is 0 Å². The van der Waals surface area contributed by atoms with Crippen LogP contribution in [0.5, 0.6) is 0 Å². The first-order chi connectivity index (χ1) is 11.7. The van der Waals surface area contributed by atoms with E-state index in [1.54, 1.807) is 0 Å². The molecule has 0 radical (unpaired) electrons. The minimum absolute atomic E-state index is 0.0359. The van der Waals surface area contributed by atoms with E-state index in [1.807, 2.05) is 0 Å². The summed E-state index contributed by atoms with van der Waals surface area (Å²) in [5.74, 6) is -3.57. The molecule has 0 atom stereocenters. The van der Waals surface area contributed by atoms with Gasteiger partial charge in [0.15, 0.2) is 11.6 Å². The fraction of sp³-hybridized carbons (Fsp3) is 0.188. The van der Waals surface area contributed by atoms with E-state index < -0.39 is 33.4 Å². The van der Waals surface area contributed by atoms with Crippen molar-refractivity contribution >= 4 is 27.3 Å². The normalized spacial score (nSPS) is 11.2. The second-order valence-electron chi connectivity index (χ2n) is 5.21. The number of anilines is 2. The van der Waals surface area contributed by atoms with E-state index in [-0.39, 0.29) is 24.3 Å². The number of amides is 1. The molecule has 0 aliphatic heterocycles. The van der Waals surface area contributed by atoms with Gasteiger partial charge in [0.05, 0.1) is 17.6 Å². The topological polar surface area (TPSA) is 66.5 Å². The number of halogens is 3. The van der Waals surface area contributed by atoms with Gasteiger partial charge in [-0.15, -0.1) is 0 Å². The van der Waals surface area contributed by atoms with Gasteiger partial charge in [0.2, 0.25) is 15.9 Å². The lowest BCUT2D eigenvalue weighted by Crippen LogP contribution is -2.33. The molecule has 134 valence electrons. The molecule has 0 aliphatic carbocycles. The first-order valence-corrected chi connectivity index (χ1v) is 9.00. The Morgan fingerprint density at radius 2 is 1.72 bits per heavy atom. The van der Waals surface area contributed by atoms with Gasteiger partial charge in [-0.25, -0.2) is 21.6 Å². The van der Waals surface area contributed by atoms with Crippen molar-refractivity contribution in [3.05, 3.63) is 59.9 Å². The molecule has 9 heteroatoms. The molecule has 2 aromatic rings. The van der Waals surface area contributed by atoms with Gasteiger partial charge < -0.3 is 5.32 Å². The Morgan fingerprint density at radius 3 is 2.32 bits per heavy atom. The molecule has 2 rings (SSSR count). The van der Waals surface area contributed by atoms with E-state index in [0.717, 1.165) is 28.8 Å². The SMILES string of the molecule is CS(=O)(=O)N(CCC(=O)Nc1ccccc1F)c1ccc(F)c(F)c1. The predicted molar refractivity (Wildman–Crippen MR) is 88.2 cm³/mol. The zero-order valence-electron chi connectivity index (χ0n) is 13.2. The van der Waals surface area contributed by atoms with Gasteiger partial charge in [0, 0.05) is 19.0 Å². The van der Waals surface area contributed by atoms with Crippen molar-refractivity contribution in [2.24, 2.45) is 0 Å². The summed E-state index contributed by atoms with van der Waals surface area (Å²) in [7, 11) is -3.83. The third kappa shape index (κ3) is 4.96. The number of carbonyl (C=O) groups excluding carboxylic acids is 1. The molecule has 5 nitrogen and oxygen atoms in total. The Kier molecular flexibility index (Phi) is 5.68. The van der Waals surface area contributed by atoms with Gasteiger partial charge >= 0.3 is 0 Å². The number of nitrogens with zero attached hydrogens (tertiary/aromatic N) is 1. The van der Waals surface area contributed by atoms with Crippen LogP contribution in [0.3, 0.4) is 0 Å². The highest BCUT2D eigenvalue weighted by atomic mass is 32.2. The molecule has 0 spiro atoms. The van der Waals surface area contributed by atoms with E-state index >= 15 is 0 Å². The van der Waals surface area contributed by atoms with E-state index in [1.165, 1.54) is 24.3 Å². The number of para-hydroxylation sites is 1. The maximum absolute atomic E-state index is 13.5. The first-order valence-electron chi connectivity index (χ1n) is 7.15. The van der Waals surface area contributed by atoms with Crippen LogP contribution in [0, 0.1) is 17.5 Å². The standard InChI is InChI=1S/C16H15F3N2O3S/c1-25(23,24)21(11-6-7-12(17)14(19)10-11)9-8-16(22)20-15-5-3-2-4-13(15)18/h2-7,10H,8-9H2,1H3,(H,20,22). The number of rotatable bonds is 6. The number of carbonyl (C=O) groups is 1. The summed E-state index contributed by atoms with van der Waals surface area (Å²) in [6, 6.07) is 8.13. The smallest absolute Gasteiger partial charge is 0.232 e. The fourth-order valence-corrected chi connectivity index (χ4v) is 3.02. The van der Waals surface area contributed by atoms with Crippen LogP contribution in [0.25, 0.3) is 0 Å². The molecular formula is C16H15F3N2O3S. The van der Waals surface area contributed by atoms with Crippen molar-refractivity contribution in [3.8, 4) is 0 Å². The molecule has 0 unspecified atom stereocenters. The second kappa shape index (κ2) is 7.56. The van der Waals surface area contributed by atoms with E-state index in [9.17, 15) is 26.4 Å². The van der Waals surface area contributed by atoms with Crippen molar-refractivity contribution in [1.82, 2.24) is 0 Å². The van der Waals surface area contributed by atoms with Crippen molar-refractivity contribution in [2.45, 2.75) is 6.42 Å². The van der Waals surface area contributed by atoms with Crippen molar-refractivity contribution in [1.29, 1.82) is 0 Å². The second-order valence-corrected chi connectivity index (χ2v) is 7.12. The maximum Gasteiger partial charge on any atom is 0.232 e. The van der Waals surface area contributed by atoms with Gasteiger partial charge in [-0.1, -0.05) is 12.1 Å². The zero-order chi connectivity index (χ0) is 18.6. The lowest BCUT2D eigenvalue weighted by molar-refractivity contribution is -0.116. The number of hydrogen-bond donors (Lipinski definition) is 1. The summed E-state index contributed by atoms with van der Waals surface area (Å²) >= 11 is 0. The number of benzene rings is 2. The first kappa shape index (κ1) is 18.8. The number of sulfonamides is 1.